The number of pyridine rings is 1. The number of hydrogen-bond acceptors (Lipinski definition) is 3. The van der Waals surface area contributed by atoms with E-state index in [-0.39, 0.29) is 5.91 Å². The van der Waals surface area contributed by atoms with E-state index in [0.29, 0.717) is 48.2 Å². The molecular formula is C20H21Cl2N3O2. The molecule has 142 valence electrons. The molecule has 1 amide bonds. The molecule has 0 bridgehead atoms. The topological polar surface area (TPSA) is 55.6 Å². The summed E-state index contributed by atoms with van der Waals surface area (Å²) in [6.45, 7) is 3.02. The van der Waals surface area contributed by atoms with Crippen LogP contribution < -0.4 is 10.1 Å². The highest BCUT2D eigenvalue weighted by atomic mass is 35.5. The third-order valence-electron chi connectivity index (χ3n) is 4.05. The number of hydrogen-bond donors (Lipinski definition) is 1. The lowest BCUT2D eigenvalue weighted by atomic mass is 10.3. The number of imidazole rings is 1. The second kappa shape index (κ2) is 9.11. The summed E-state index contributed by atoms with van der Waals surface area (Å²) in [4.78, 5) is 16.5. The number of carbonyl (C=O) groups is 1. The average Bonchev–Trinajstić information content (AvgIpc) is 3.02. The highest BCUT2D eigenvalue weighted by molar-refractivity contribution is 6.35. The van der Waals surface area contributed by atoms with Crippen molar-refractivity contribution in [3.05, 3.63) is 64.0 Å². The van der Waals surface area contributed by atoms with E-state index in [1.807, 2.05) is 35.9 Å². The zero-order valence-corrected chi connectivity index (χ0v) is 16.6. The molecule has 0 aliphatic heterocycles. The molecule has 27 heavy (non-hydrogen) atoms. The number of aromatic nitrogens is 2. The Morgan fingerprint density at radius 1 is 1.22 bits per heavy atom. The van der Waals surface area contributed by atoms with Crippen molar-refractivity contribution in [1.82, 2.24) is 14.7 Å². The van der Waals surface area contributed by atoms with Crippen LogP contribution in [0.3, 0.4) is 0 Å². The van der Waals surface area contributed by atoms with Crippen molar-refractivity contribution >= 4 is 34.8 Å². The van der Waals surface area contributed by atoms with Gasteiger partial charge in [0, 0.05) is 36.8 Å². The summed E-state index contributed by atoms with van der Waals surface area (Å²) < 4.78 is 7.58. The van der Waals surface area contributed by atoms with Gasteiger partial charge in [0.25, 0.3) is 0 Å². The standard InChI is InChI=1S/C20H21Cl2N3O2/c1-14-4-7-19-24-16(13-25(19)12-14)8-9-23-20(26)3-2-10-27-18-6-5-15(21)11-17(18)22/h4-7,11-13H,2-3,8-10H2,1H3,(H,23,26). The fourth-order valence-corrected chi connectivity index (χ4v) is 3.16. The van der Waals surface area contributed by atoms with Gasteiger partial charge in [-0.3, -0.25) is 4.79 Å². The molecule has 0 aliphatic carbocycles. The number of nitrogens with zero attached hydrogens (tertiary/aromatic N) is 2. The van der Waals surface area contributed by atoms with Crippen LogP contribution in [0, 0.1) is 6.92 Å². The maximum absolute atomic E-state index is 11.9. The minimum Gasteiger partial charge on any atom is -0.492 e. The van der Waals surface area contributed by atoms with Crippen LogP contribution in [0.4, 0.5) is 0 Å². The first-order chi connectivity index (χ1) is 13.0. The summed E-state index contributed by atoms with van der Waals surface area (Å²) in [6, 6.07) is 9.10. The van der Waals surface area contributed by atoms with Crippen molar-refractivity contribution in [3.8, 4) is 5.75 Å². The summed E-state index contributed by atoms with van der Waals surface area (Å²) >= 11 is 11.9. The molecular weight excluding hydrogens is 385 g/mol. The fraction of sp³-hybridized carbons (Fsp3) is 0.300. The number of aryl methyl sites for hydroxylation is 1. The van der Waals surface area contributed by atoms with E-state index in [0.717, 1.165) is 11.3 Å². The van der Waals surface area contributed by atoms with E-state index >= 15 is 0 Å². The van der Waals surface area contributed by atoms with Gasteiger partial charge in [0.15, 0.2) is 0 Å². The quantitative estimate of drug-likeness (QED) is 0.562. The SMILES string of the molecule is Cc1ccc2nc(CCNC(=O)CCCOc3ccc(Cl)cc3Cl)cn2c1. The number of carbonyl (C=O) groups excluding carboxylic acids is 1. The van der Waals surface area contributed by atoms with Crippen LogP contribution in [0.1, 0.15) is 24.1 Å². The third-order valence-corrected chi connectivity index (χ3v) is 4.58. The summed E-state index contributed by atoms with van der Waals surface area (Å²) in [5.41, 5.74) is 3.06. The maximum Gasteiger partial charge on any atom is 0.220 e. The normalized spacial score (nSPS) is 10.9. The molecule has 0 spiro atoms. The minimum absolute atomic E-state index is 0.000381. The Morgan fingerprint density at radius 2 is 2.07 bits per heavy atom. The van der Waals surface area contributed by atoms with Gasteiger partial charge in [-0.1, -0.05) is 29.3 Å². The molecule has 7 heteroatoms. The van der Waals surface area contributed by atoms with Crippen molar-refractivity contribution in [2.45, 2.75) is 26.2 Å². The number of amides is 1. The predicted molar refractivity (Wildman–Crippen MR) is 108 cm³/mol. The molecule has 0 radical (unpaired) electrons. The molecule has 2 aromatic heterocycles. The van der Waals surface area contributed by atoms with Gasteiger partial charge in [-0.15, -0.1) is 0 Å². The molecule has 3 rings (SSSR count). The first-order valence-corrected chi connectivity index (χ1v) is 9.55. The van der Waals surface area contributed by atoms with Gasteiger partial charge in [0.05, 0.1) is 17.3 Å². The Bertz CT molecular complexity index is 940. The molecule has 5 nitrogen and oxygen atoms in total. The average molecular weight is 406 g/mol. The van der Waals surface area contributed by atoms with E-state index in [1.165, 1.54) is 5.56 Å². The summed E-state index contributed by atoms with van der Waals surface area (Å²) in [5, 5.41) is 3.95. The second-order valence-corrected chi connectivity index (χ2v) is 7.17. The highest BCUT2D eigenvalue weighted by Crippen LogP contribution is 2.27. The Balaban J connectivity index is 1.35. The largest absolute Gasteiger partial charge is 0.492 e. The Hall–Kier alpha value is -2.24. The van der Waals surface area contributed by atoms with Crippen LogP contribution in [-0.4, -0.2) is 28.4 Å². The molecule has 0 fully saturated rings. The zero-order chi connectivity index (χ0) is 19.2. The van der Waals surface area contributed by atoms with Gasteiger partial charge >= 0.3 is 0 Å². The second-order valence-electron chi connectivity index (χ2n) is 6.33. The number of ether oxygens (including phenoxy) is 1. The molecule has 0 saturated heterocycles. The fourth-order valence-electron chi connectivity index (χ4n) is 2.70. The number of rotatable bonds is 8. The minimum atomic E-state index is 0.000381. The lowest BCUT2D eigenvalue weighted by Crippen LogP contribution is -2.25. The van der Waals surface area contributed by atoms with Crippen LogP contribution in [-0.2, 0) is 11.2 Å². The Morgan fingerprint density at radius 3 is 2.89 bits per heavy atom. The van der Waals surface area contributed by atoms with Crippen molar-refractivity contribution in [1.29, 1.82) is 0 Å². The van der Waals surface area contributed by atoms with Gasteiger partial charge < -0.3 is 14.5 Å². The van der Waals surface area contributed by atoms with E-state index in [4.69, 9.17) is 27.9 Å². The Kier molecular flexibility index (Phi) is 6.58. The van der Waals surface area contributed by atoms with E-state index in [9.17, 15) is 4.79 Å². The molecule has 3 aromatic rings. The van der Waals surface area contributed by atoms with E-state index in [2.05, 4.69) is 10.3 Å². The van der Waals surface area contributed by atoms with Crippen molar-refractivity contribution in [2.24, 2.45) is 0 Å². The molecule has 0 saturated carbocycles. The maximum atomic E-state index is 11.9. The zero-order valence-electron chi connectivity index (χ0n) is 15.0. The smallest absolute Gasteiger partial charge is 0.220 e. The summed E-state index contributed by atoms with van der Waals surface area (Å²) in [5.74, 6) is 0.573. The van der Waals surface area contributed by atoms with Crippen LogP contribution in [0.25, 0.3) is 5.65 Å². The van der Waals surface area contributed by atoms with Gasteiger partial charge in [-0.05, 0) is 43.2 Å². The van der Waals surface area contributed by atoms with Crippen molar-refractivity contribution in [3.63, 3.8) is 0 Å². The van der Waals surface area contributed by atoms with Crippen LogP contribution >= 0.6 is 23.2 Å². The molecule has 2 heterocycles. The molecule has 0 unspecified atom stereocenters. The van der Waals surface area contributed by atoms with Gasteiger partial charge in [0.1, 0.15) is 11.4 Å². The molecule has 1 aromatic carbocycles. The molecule has 0 atom stereocenters. The van der Waals surface area contributed by atoms with Crippen LogP contribution in [0.15, 0.2) is 42.7 Å². The number of nitrogens with one attached hydrogen (secondary N) is 1. The third kappa shape index (κ3) is 5.62. The van der Waals surface area contributed by atoms with Gasteiger partial charge in [-0.2, -0.15) is 0 Å². The number of fused-ring (bicyclic) bond motifs is 1. The first-order valence-electron chi connectivity index (χ1n) is 8.80. The lowest BCUT2D eigenvalue weighted by Gasteiger charge is -2.08. The molecule has 0 aliphatic rings. The number of benzene rings is 1. The van der Waals surface area contributed by atoms with Gasteiger partial charge in [-0.25, -0.2) is 4.98 Å². The van der Waals surface area contributed by atoms with Gasteiger partial charge in [0.2, 0.25) is 5.91 Å². The highest BCUT2D eigenvalue weighted by Gasteiger charge is 2.06. The predicted octanol–water partition coefficient (Wildman–Crippen LogP) is 4.47. The van der Waals surface area contributed by atoms with Crippen LogP contribution in [0.2, 0.25) is 10.0 Å². The van der Waals surface area contributed by atoms with E-state index < -0.39 is 0 Å². The summed E-state index contributed by atoms with van der Waals surface area (Å²) in [6.07, 6.45) is 5.74. The van der Waals surface area contributed by atoms with Crippen molar-refractivity contribution in [2.75, 3.05) is 13.2 Å². The summed E-state index contributed by atoms with van der Waals surface area (Å²) in [7, 11) is 0. The number of halogens is 2. The molecule has 1 N–H and O–H groups in total. The lowest BCUT2D eigenvalue weighted by molar-refractivity contribution is -0.121. The monoisotopic (exact) mass is 405 g/mol. The van der Waals surface area contributed by atoms with Crippen molar-refractivity contribution < 1.29 is 9.53 Å². The van der Waals surface area contributed by atoms with E-state index in [1.54, 1.807) is 18.2 Å². The van der Waals surface area contributed by atoms with Crippen LogP contribution in [0.5, 0.6) is 5.75 Å². The Labute approximate surface area is 168 Å². The first kappa shape index (κ1) is 19.5.